The summed E-state index contributed by atoms with van der Waals surface area (Å²) in [5.41, 5.74) is 1.53. The summed E-state index contributed by atoms with van der Waals surface area (Å²) in [5, 5.41) is 3.28. The third-order valence-electron chi connectivity index (χ3n) is 6.01. The predicted octanol–water partition coefficient (Wildman–Crippen LogP) is 2.91. The Morgan fingerprint density at radius 2 is 1.81 bits per heavy atom. The van der Waals surface area contributed by atoms with Gasteiger partial charge >= 0.3 is 0 Å². The van der Waals surface area contributed by atoms with Gasteiger partial charge in [-0.3, -0.25) is 9.52 Å². The van der Waals surface area contributed by atoms with Crippen LogP contribution in [0.1, 0.15) is 30.1 Å². The first-order valence-corrected chi connectivity index (χ1v) is 12.5. The molecule has 2 fully saturated rings. The first kappa shape index (κ1) is 22.5. The van der Waals surface area contributed by atoms with Crippen molar-refractivity contribution in [1.82, 2.24) is 10.2 Å². The van der Waals surface area contributed by atoms with E-state index in [0.717, 1.165) is 56.8 Å². The molecule has 0 bridgehead atoms. The van der Waals surface area contributed by atoms with E-state index in [1.807, 2.05) is 11.0 Å². The number of hydrogen-bond donors (Lipinski definition) is 2. The van der Waals surface area contributed by atoms with Crippen LogP contribution in [0.5, 0.6) is 0 Å². The molecule has 2 aliphatic heterocycles. The van der Waals surface area contributed by atoms with Gasteiger partial charge in [0, 0.05) is 44.8 Å². The van der Waals surface area contributed by atoms with Crippen molar-refractivity contribution in [3.63, 3.8) is 0 Å². The highest BCUT2D eigenvalue weighted by Crippen LogP contribution is 2.31. The third kappa shape index (κ3) is 5.05. The number of anilines is 2. The Hall–Kier alpha value is -2.65. The minimum absolute atomic E-state index is 0.0354. The highest BCUT2D eigenvalue weighted by Gasteiger charge is 2.25. The van der Waals surface area contributed by atoms with E-state index in [1.165, 1.54) is 12.1 Å². The average Bonchev–Trinajstić information content (AvgIpc) is 2.79. The zero-order valence-corrected chi connectivity index (χ0v) is 19.0. The molecule has 4 rings (SSSR count). The largest absolute Gasteiger partial charge is 0.367 e. The second-order valence-electron chi connectivity index (χ2n) is 8.53. The Bertz CT molecular complexity index is 1070. The summed E-state index contributed by atoms with van der Waals surface area (Å²) in [7, 11) is -3.95. The van der Waals surface area contributed by atoms with E-state index >= 15 is 0 Å². The molecule has 0 aliphatic carbocycles. The number of likely N-dealkylation sites (tertiary alicyclic amines) is 1. The standard InChI is InChI=1S/C23H29FN4O3S/c1-17-3-2-12-28(16-17)23(29)18-4-9-22(27-13-10-25-11-14-27)21(15-18)26-32(30,31)20-7-5-19(24)6-8-20/h4-9,15,17,25-26H,2-3,10-14,16H2,1H3/t17-/m1/s1. The van der Waals surface area contributed by atoms with Crippen molar-refractivity contribution in [3.05, 3.63) is 53.8 Å². The Morgan fingerprint density at radius 1 is 1.09 bits per heavy atom. The van der Waals surface area contributed by atoms with Gasteiger partial charge in [0.1, 0.15) is 5.82 Å². The minimum Gasteiger partial charge on any atom is -0.367 e. The summed E-state index contributed by atoms with van der Waals surface area (Å²) in [4.78, 5) is 17.0. The number of carbonyl (C=O) groups excluding carboxylic acids is 1. The molecule has 172 valence electrons. The zero-order chi connectivity index (χ0) is 22.7. The number of halogens is 1. The Labute approximate surface area is 188 Å². The van der Waals surface area contributed by atoms with Gasteiger partial charge in [0.15, 0.2) is 0 Å². The van der Waals surface area contributed by atoms with Crippen LogP contribution < -0.4 is 14.9 Å². The topological polar surface area (TPSA) is 81.8 Å². The zero-order valence-electron chi connectivity index (χ0n) is 18.2. The molecule has 2 N–H and O–H groups in total. The molecular weight excluding hydrogens is 431 g/mol. The number of nitrogens with zero attached hydrogens (tertiary/aromatic N) is 2. The highest BCUT2D eigenvalue weighted by molar-refractivity contribution is 7.92. The van der Waals surface area contributed by atoms with Crippen LogP contribution in [0.2, 0.25) is 0 Å². The molecule has 0 unspecified atom stereocenters. The van der Waals surface area contributed by atoms with Crippen LogP contribution in [0.15, 0.2) is 47.4 Å². The smallest absolute Gasteiger partial charge is 0.261 e. The average molecular weight is 461 g/mol. The molecule has 0 aromatic heterocycles. The molecule has 2 aliphatic rings. The lowest BCUT2D eigenvalue weighted by Crippen LogP contribution is -2.44. The van der Waals surface area contributed by atoms with Crippen molar-refractivity contribution < 1.29 is 17.6 Å². The number of sulfonamides is 1. The normalized spacial score (nSPS) is 19.6. The van der Waals surface area contributed by atoms with E-state index < -0.39 is 15.8 Å². The number of amides is 1. The van der Waals surface area contributed by atoms with E-state index in [4.69, 9.17) is 0 Å². The quantitative estimate of drug-likeness (QED) is 0.717. The summed E-state index contributed by atoms with van der Waals surface area (Å²) >= 11 is 0. The van der Waals surface area contributed by atoms with Gasteiger partial charge < -0.3 is 15.1 Å². The fourth-order valence-electron chi connectivity index (χ4n) is 4.31. The van der Waals surface area contributed by atoms with Gasteiger partial charge in [-0.1, -0.05) is 6.92 Å². The van der Waals surface area contributed by atoms with E-state index in [1.54, 1.807) is 12.1 Å². The van der Waals surface area contributed by atoms with Crippen molar-refractivity contribution in [1.29, 1.82) is 0 Å². The minimum atomic E-state index is -3.95. The summed E-state index contributed by atoms with van der Waals surface area (Å²) in [6, 6.07) is 9.90. The lowest BCUT2D eigenvalue weighted by atomic mass is 9.99. The van der Waals surface area contributed by atoms with Crippen LogP contribution in [0, 0.1) is 11.7 Å². The molecule has 0 radical (unpaired) electrons. The number of carbonyl (C=O) groups is 1. The number of rotatable bonds is 5. The van der Waals surface area contributed by atoms with Gasteiger partial charge in [-0.2, -0.15) is 0 Å². The van der Waals surface area contributed by atoms with Crippen LogP contribution in [0.3, 0.4) is 0 Å². The molecule has 2 aromatic carbocycles. The first-order chi connectivity index (χ1) is 15.3. The maximum atomic E-state index is 13.3. The van der Waals surface area contributed by atoms with E-state index in [-0.39, 0.29) is 10.8 Å². The van der Waals surface area contributed by atoms with Gasteiger partial charge in [0.05, 0.1) is 16.3 Å². The lowest BCUT2D eigenvalue weighted by molar-refractivity contribution is 0.0683. The third-order valence-corrected chi connectivity index (χ3v) is 7.40. The summed E-state index contributed by atoms with van der Waals surface area (Å²) < 4.78 is 42.0. The first-order valence-electron chi connectivity index (χ1n) is 11.0. The van der Waals surface area contributed by atoms with Crippen molar-refractivity contribution in [3.8, 4) is 0 Å². The number of piperidine rings is 1. The van der Waals surface area contributed by atoms with Crippen LogP contribution in [-0.2, 0) is 10.0 Å². The summed E-state index contributed by atoms with van der Waals surface area (Å²) in [6.07, 6.45) is 2.07. The van der Waals surface area contributed by atoms with Crippen LogP contribution in [0.4, 0.5) is 15.8 Å². The monoisotopic (exact) mass is 460 g/mol. The second kappa shape index (κ2) is 9.46. The molecule has 1 amide bonds. The summed E-state index contributed by atoms with van der Waals surface area (Å²) in [5.74, 6) is -0.149. The molecule has 9 heteroatoms. The predicted molar refractivity (Wildman–Crippen MR) is 123 cm³/mol. The molecule has 2 aromatic rings. The second-order valence-corrected chi connectivity index (χ2v) is 10.2. The Morgan fingerprint density at radius 3 is 2.50 bits per heavy atom. The fraction of sp³-hybridized carbons (Fsp3) is 0.435. The molecule has 32 heavy (non-hydrogen) atoms. The number of benzene rings is 2. The van der Waals surface area contributed by atoms with E-state index in [9.17, 15) is 17.6 Å². The van der Waals surface area contributed by atoms with Crippen molar-refractivity contribution in [2.24, 2.45) is 5.92 Å². The van der Waals surface area contributed by atoms with Gasteiger partial charge in [-0.25, -0.2) is 12.8 Å². The Kier molecular flexibility index (Phi) is 6.66. The SMILES string of the molecule is C[C@@H]1CCCN(C(=O)c2ccc(N3CCNCC3)c(NS(=O)(=O)c3ccc(F)cc3)c2)C1. The number of nitrogens with one attached hydrogen (secondary N) is 2. The molecule has 0 spiro atoms. The maximum absolute atomic E-state index is 13.3. The summed E-state index contributed by atoms with van der Waals surface area (Å²) in [6.45, 7) is 6.57. The molecule has 7 nitrogen and oxygen atoms in total. The molecule has 2 saturated heterocycles. The van der Waals surface area contributed by atoms with Gasteiger partial charge in [0.25, 0.3) is 15.9 Å². The van der Waals surface area contributed by atoms with Crippen molar-refractivity contribution >= 4 is 27.3 Å². The van der Waals surface area contributed by atoms with Gasteiger partial charge in [-0.05, 0) is 61.2 Å². The van der Waals surface area contributed by atoms with Crippen LogP contribution in [0.25, 0.3) is 0 Å². The highest BCUT2D eigenvalue weighted by atomic mass is 32.2. The lowest BCUT2D eigenvalue weighted by Gasteiger charge is -2.33. The van der Waals surface area contributed by atoms with Crippen molar-refractivity contribution in [2.75, 3.05) is 48.9 Å². The fourth-order valence-corrected chi connectivity index (χ4v) is 5.37. The number of hydrogen-bond acceptors (Lipinski definition) is 5. The Balaban J connectivity index is 1.67. The molecule has 2 heterocycles. The van der Waals surface area contributed by atoms with E-state index in [2.05, 4.69) is 21.9 Å². The van der Waals surface area contributed by atoms with Gasteiger partial charge in [-0.15, -0.1) is 0 Å². The van der Waals surface area contributed by atoms with Crippen LogP contribution >= 0.6 is 0 Å². The molecule has 1 atom stereocenters. The van der Waals surface area contributed by atoms with Gasteiger partial charge in [0.2, 0.25) is 0 Å². The number of piperazine rings is 1. The van der Waals surface area contributed by atoms with Crippen LogP contribution in [-0.4, -0.2) is 58.5 Å². The van der Waals surface area contributed by atoms with Crippen molar-refractivity contribution in [2.45, 2.75) is 24.7 Å². The van der Waals surface area contributed by atoms with E-state index in [0.29, 0.717) is 30.3 Å². The maximum Gasteiger partial charge on any atom is 0.261 e. The molecule has 0 saturated carbocycles. The molecular formula is C23H29FN4O3S.